The Bertz CT molecular complexity index is 276. The van der Waals surface area contributed by atoms with Gasteiger partial charge in [0.1, 0.15) is 0 Å². The highest BCUT2D eigenvalue weighted by atomic mass is 15.0. The molecular formula is C11H21N3. The van der Waals surface area contributed by atoms with E-state index in [1.807, 2.05) is 13.3 Å². The van der Waals surface area contributed by atoms with Crippen LogP contribution in [-0.2, 0) is 6.54 Å². The van der Waals surface area contributed by atoms with Crippen molar-refractivity contribution in [2.45, 2.75) is 52.6 Å². The highest BCUT2D eigenvalue weighted by Crippen LogP contribution is 2.07. The van der Waals surface area contributed by atoms with Gasteiger partial charge in [0.05, 0.1) is 12.0 Å². The van der Waals surface area contributed by atoms with Crippen molar-refractivity contribution in [2.24, 2.45) is 5.73 Å². The molecule has 0 fully saturated rings. The average Bonchev–Trinajstić information content (AvgIpc) is 2.43. The zero-order chi connectivity index (χ0) is 10.6. The van der Waals surface area contributed by atoms with Crippen molar-refractivity contribution in [1.82, 2.24) is 9.55 Å². The summed E-state index contributed by atoms with van der Waals surface area (Å²) in [7, 11) is 0. The van der Waals surface area contributed by atoms with E-state index in [0.29, 0.717) is 6.04 Å². The summed E-state index contributed by atoms with van der Waals surface area (Å²) >= 11 is 0. The number of unbranched alkanes of at least 4 members (excludes halogenated alkanes) is 1. The number of aryl methyl sites for hydroxylation is 2. The molecule has 3 heteroatoms. The molecule has 0 radical (unpaired) electrons. The van der Waals surface area contributed by atoms with Crippen LogP contribution in [0.15, 0.2) is 6.33 Å². The van der Waals surface area contributed by atoms with Crippen LogP contribution in [0.25, 0.3) is 0 Å². The molecule has 1 aromatic heterocycles. The van der Waals surface area contributed by atoms with Gasteiger partial charge >= 0.3 is 0 Å². The number of nitrogens with zero attached hydrogens (tertiary/aromatic N) is 2. The van der Waals surface area contributed by atoms with Crippen LogP contribution in [0.3, 0.4) is 0 Å². The first kappa shape index (κ1) is 11.2. The minimum absolute atomic E-state index is 0.334. The Morgan fingerprint density at radius 3 is 2.64 bits per heavy atom. The maximum Gasteiger partial charge on any atom is 0.0951 e. The van der Waals surface area contributed by atoms with Crippen LogP contribution in [-0.4, -0.2) is 15.6 Å². The van der Waals surface area contributed by atoms with E-state index in [9.17, 15) is 0 Å². The summed E-state index contributed by atoms with van der Waals surface area (Å²) in [5.74, 6) is 0. The van der Waals surface area contributed by atoms with E-state index in [1.165, 1.54) is 18.5 Å². The van der Waals surface area contributed by atoms with Gasteiger partial charge in [-0.25, -0.2) is 4.98 Å². The lowest BCUT2D eigenvalue weighted by Crippen LogP contribution is -2.14. The van der Waals surface area contributed by atoms with Crippen molar-refractivity contribution in [2.75, 3.05) is 0 Å². The molecule has 0 bridgehead atoms. The van der Waals surface area contributed by atoms with Crippen LogP contribution in [0.2, 0.25) is 0 Å². The van der Waals surface area contributed by atoms with Gasteiger partial charge in [-0.3, -0.25) is 0 Å². The van der Waals surface area contributed by atoms with Gasteiger partial charge in [0.25, 0.3) is 0 Å². The standard InChI is InChI=1S/C11H21N3/c1-9(12)6-4-5-7-14-8-13-10(2)11(14)3/h8-9H,4-7,12H2,1-3H3. The molecule has 1 rings (SSSR count). The van der Waals surface area contributed by atoms with Crippen LogP contribution < -0.4 is 5.73 Å². The molecule has 1 aromatic rings. The summed E-state index contributed by atoms with van der Waals surface area (Å²) in [6, 6.07) is 0.334. The van der Waals surface area contributed by atoms with E-state index in [4.69, 9.17) is 5.73 Å². The fourth-order valence-electron chi connectivity index (χ4n) is 1.52. The Morgan fingerprint density at radius 2 is 2.14 bits per heavy atom. The molecule has 80 valence electrons. The summed E-state index contributed by atoms with van der Waals surface area (Å²) in [5.41, 5.74) is 8.11. The van der Waals surface area contributed by atoms with E-state index in [0.717, 1.165) is 18.7 Å². The minimum Gasteiger partial charge on any atom is -0.335 e. The Labute approximate surface area is 86.3 Å². The van der Waals surface area contributed by atoms with Crippen molar-refractivity contribution in [3.05, 3.63) is 17.7 Å². The van der Waals surface area contributed by atoms with Gasteiger partial charge in [-0.15, -0.1) is 0 Å². The largest absolute Gasteiger partial charge is 0.335 e. The van der Waals surface area contributed by atoms with Crippen LogP contribution >= 0.6 is 0 Å². The predicted octanol–water partition coefficient (Wildman–Crippen LogP) is 2.02. The molecule has 3 nitrogen and oxygen atoms in total. The third-order valence-corrected chi connectivity index (χ3v) is 2.65. The van der Waals surface area contributed by atoms with Crippen molar-refractivity contribution in [3.63, 3.8) is 0 Å². The van der Waals surface area contributed by atoms with Crippen molar-refractivity contribution < 1.29 is 0 Å². The van der Waals surface area contributed by atoms with Crippen molar-refractivity contribution >= 4 is 0 Å². The zero-order valence-electron chi connectivity index (χ0n) is 9.45. The Morgan fingerprint density at radius 1 is 1.43 bits per heavy atom. The van der Waals surface area contributed by atoms with Gasteiger partial charge in [0.2, 0.25) is 0 Å². The Kier molecular flexibility index (Phi) is 4.14. The van der Waals surface area contributed by atoms with Crippen molar-refractivity contribution in [1.29, 1.82) is 0 Å². The number of hydrogen-bond acceptors (Lipinski definition) is 2. The number of nitrogens with two attached hydrogens (primary N) is 1. The molecule has 0 saturated carbocycles. The maximum atomic E-state index is 5.69. The van der Waals surface area contributed by atoms with Crippen LogP contribution in [0.1, 0.15) is 37.6 Å². The van der Waals surface area contributed by atoms with Gasteiger partial charge in [0, 0.05) is 18.3 Å². The van der Waals surface area contributed by atoms with Gasteiger partial charge in [0.15, 0.2) is 0 Å². The third kappa shape index (κ3) is 3.14. The van der Waals surface area contributed by atoms with Crippen LogP contribution in [0, 0.1) is 13.8 Å². The second-order valence-electron chi connectivity index (χ2n) is 4.08. The van der Waals surface area contributed by atoms with Gasteiger partial charge in [-0.1, -0.05) is 6.42 Å². The molecule has 1 heterocycles. The molecule has 14 heavy (non-hydrogen) atoms. The van der Waals surface area contributed by atoms with Gasteiger partial charge in [-0.2, -0.15) is 0 Å². The third-order valence-electron chi connectivity index (χ3n) is 2.65. The lowest BCUT2D eigenvalue weighted by atomic mass is 10.1. The second kappa shape index (κ2) is 5.15. The molecule has 0 aliphatic carbocycles. The molecule has 2 N–H and O–H groups in total. The maximum absolute atomic E-state index is 5.69. The Balaban J connectivity index is 2.28. The minimum atomic E-state index is 0.334. The Hall–Kier alpha value is -0.830. The number of rotatable bonds is 5. The zero-order valence-corrected chi connectivity index (χ0v) is 9.45. The van der Waals surface area contributed by atoms with Crippen molar-refractivity contribution in [3.8, 4) is 0 Å². The van der Waals surface area contributed by atoms with E-state index in [-0.39, 0.29) is 0 Å². The average molecular weight is 195 g/mol. The summed E-state index contributed by atoms with van der Waals surface area (Å²) in [4.78, 5) is 4.27. The molecular weight excluding hydrogens is 174 g/mol. The fraction of sp³-hybridized carbons (Fsp3) is 0.727. The highest BCUT2D eigenvalue weighted by Gasteiger charge is 2.01. The molecule has 0 saturated heterocycles. The molecule has 0 spiro atoms. The number of hydrogen-bond donors (Lipinski definition) is 1. The predicted molar refractivity (Wildman–Crippen MR) is 59.2 cm³/mol. The molecule has 1 atom stereocenters. The topological polar surface area (TPSA) is 43.8 Å². The molecule has 0 aromatic carbocycles. The van der Waals surface area contributed by atoms with E-state index in [2.05, 4.69) is 23.4 Å². The van der Waals surface area contributed by atoms with Crippen LogP contribution in [0.5, 0.6) is 0 Å². The summed E-state index contributed by atoms with van der Waals surface area (Å²) in [5, 5.41) is 0. The quantitative estimate of drug-likeness (QED) is 0.730. The number of imidazole rings is 1. The summed E-state index contributed by atoms with van der Waals surface area (Å²) < 4.78 is 2.22. The molecule has 0 aliphatic rings. The normalized spacial score (nSPS) is 13.1. The van der Waals surface area contributed by atoms with E-state index >= 15 is 0 Å². The molecule has 1 unspecified atom stereocenters. The lowest BCUT2D eigenvalue weighted by Gasteiger charge is -2.06. The summed E-state index contributed by atoms with van der Waals surface area (Å²) in [6.45, 7) is 7.30. The van der Waals surface area contributed by atoms with E-state index in [1.54, 1.807) is 0 Å². The monoisotopic (exact) mass is 195 g/mol. The first-order chi connectivity index (χ1) is 6.61. The second-order valence-corrected chi connectivity index (χ2v) is 4.08. The smallest absolute Gasteiger partial charge is 0.0951 e. The van der Waals surface area contributed by atoms with Gasteiger partial charge in [-0.05, 0) is 33.6 Å². The fourth-order valence-corrected chi connectivity index (χ4v) is 1.52. The van der Waals surface area contributed by atoms with Gasteiger partial charge < -0.3 is 10.3 Å². The first-order valence-corrected chi connectivity index (χ1v) is 5.35. The first-order valence-electron chi connectivity index (χ1n) is 5.35. The number of aromatic nitrogens is 2. The summed E-state index contributed by atoms with van der Waals surface area (Å²) in [6.07, 6.45) is 5.44. The molecule has 0 amide bonds. The lowest BCUT2D eigenvalue weighted by molar-refractivity contribution is 0.544. The van der Waals surface area contributed by atoms with E-state index < -0.39 is 0 Å². The molecule has 0 aliphatic heterocycles. The van der Waals surface area contributed by atoms with Crippen LogP contribution in [0.4, 0.5) is 0 Å². The highest BCUT2D eigenvalue weighted by molar-refractivity contribution is 5.08. The SMILES string of the molecule is Cc1ncn(CCCCC(C)N)c1C.